The first kappa shape index (κ1) is 15.9. The third-order valence-electron chi connectivity index (χ3n) is 2.64. The summed E-state index contributed by atoms with van der Waals surface area (Å²) in [6, 6.07) is 10.7. The summed E-state index contributed by atoms with van der Waals surface area (Å²) in [4.78, 5) is 25.7. The number of benzene rings is 1. The molecule has 1 aromatic heterocycles. The summed E-state index contributed by atoms with van der Waals surface area (Å²) in [6.07, 6.45) is 1.46. The Labute approximate surface area is 132 Å². The van der Waals surface area contributed by atoms with Crippen LogP contribution >= 0.6 is 11.6 Å². The Morgan fingerprint density at radius 3 is 2.68 bits per heavy atom. The number of para-hydroxylation sites is 1. The first-order chi connectivity index (χ1) is 10.6. The summed E-state index contributed by atoms with van der Waals surface area (Å²) in [7, 11) is 0. The highest BCUT2D eigenvalue weighted by Gasteiger charge is 2.11. The van der Waals surface area contributed by atoms with E-state index >= 15 is 0 Å². The van der Waals surface area contributed by atoms with Crippen molar-refractivity contribution in [2.45, 2.75) is 0 Å². The second-order valence-corrected chi connectivity index (χ2v) is 4.76. The van der Waals surface area contributed by atoms with Crippen LogP contribution in [0.4, 0.5) is 0 Å². The highest BCUT2D eigenvalue weighted by atomic mass is 35.5. The lowest BCUT2D eigenvalue weighted by molar-refractivity contribution is -0.124. The molecule has 0 saturated carbocycles. The lowest BCUT2D eigenvalue weighted by Crippen LogP contribution is -2.32. The largest absolute Gasteiger partial charge is 0.492 e. The Hall–Kier alpha value is -2.47. The predicted molar refractivity (Wildman–Crippen MR) is 81.0 cm³/mol. The van der Waals surface area contributed by atoms with Crippen molar-refractivity contribution in [3.63, 3.8) is 0 Å². The van der Waals surface area contributed by atoms with Gasteiger partial charge in [-0.2, -0.15) is 0 Å². The Kier molecular flexibility index (Phi) is 5.85. The van der Waals surface area contributed by atoms with Gasteiger partial charge in [-0.1, -0.05) is 29.8 Å². The molecule has 0 aliphatic carbocycles. The minimum Gasteiger partial charge on any atom is -0.492 e. The zero-order valence-corrected chi connectivity index (χ0v) is 12.4. The average molecular weight is 323 g/mol. The number of ether oxygens (including phenoxy) is 2. The first-order valence-electron chi connectivity index (χ1n) is 6.61. The van der Waals surface area contributed by atoms with E-state index in [1.54, 1.807) is 0 Å². The maximum absolute atomic E-state index is 11.6. The van der Waals surface area contributed by atoms with Crippen LogP contribution in [-0.4, -0.2) is 36.6 Å². The van der Waals surface area contributed by atoms with Crippen LogP contribution in [0.3, 0.4) is 0 Å². The van der Waals surface area contributed by atoms with Gasteiger partial charge in [0.1, 0.15) is 18.1 Å². The Morgan fingerprint density at radius 2 is 2.00 bits per heavy atom. The molecule has 2 rings (SSSR count). The van der Waals surface area contributed by atoms with Crippen LogP contribution in [0.5, 0.6) is 5.75 Å². The summed E-state index contributed by atoms with van der Waals surface area (Å²) in [5.41, 5.74) is 0.199. The normalized spacial score (nSPS) is 10.0. The van der Waals surface area contributed by atoms with Gasteiger partial charge in [0, 0.05) is 6.20 Å². The quantitative estimate of drug-likeness (QED) is 0.603. The van der Waals surface area contributed by atoms with E-state index in [-0.39, 0.29) is 12.3 Å². The molecule has 1 heterocycles. The molecule has 7 heteroatoms. The van der Waals surface area contributed by atoms with Crippen molar-refractivity contribution in [1.82, 2.24) is 10.3 Å². The molecule has 2 N–H and O–H groups in total. The number of hydrogen-bond donors (Lipinski definition) is 2. The number of nitrogens with one attached hydrogen (secondary N) is 2. The smallest absolute Gasteiger partial charge is 0.355 e. The fourth-order valence-electron chi connectivity index (χ4n) is 1.62. The van der Waals surface area contributed by atoms with E-state index < -0.39 is 11.9 Å². The van der Waals surface area contributed by atoms with E-state index in [1.807, 2.05) is 30.3 Å². The molecule has 0 aliphatic heterocycles. The van der Waals surface area contributed by atoms with Crippen molar-refractivity contribution in [2.75, 3.05) is 19.8 Å². The minimum atomic E-state index is -0.636. The highest BCUT2D eigenvalue weighted by Crippen LogP contribution is 2.10. The zero-order valence-electron chi connectivity index (χ0n) is 11.7. The molecule has 0 spiro atoms. The molecule has 1 aromatic carbocycles. The molecule has 0 fully saturated rings. The van der Waals surface area contributed by atoms with Crippen molar-refractivity contribution >= 4 is 23.5 Å². The lowest BCUT2D eigenvalue weighted by atomic mass is 10.3. The van der Waals surface area contributed by atoms with E-state index in [0.717, 1.165) is 5.75 Å². The molecular weight excluding hydrogens is 308 g/mol. The molecule has 22 heavy (non-hydrogen) atoms. The standard InChI is InChI=1S/C15H15ClN2O4/c16-11-8-13(18-9-11)15(20)22-10-14(19)17-6-7-21-12-4-2-1-3-5-12/h1-5,8-9,18H,6-7,10H2,(H,17,19). The average Bonchev–Trinajstić information content (AvgIpc) is 2.97. The van der Waals surface area contributed by atoms with E-state index in [0.29, 0.717) is 18.2 Å². The van der Waals surface area contributed by atoms with Gasteiger partial charge in [0.2, 0.25) is 0 Å². The monoisotopic (exact) mass is 322 g/mol. The number of esters is 1. The van der Waals surface area contributed by atoms with Crippen LogP contribution in [0, 0.1) is 0 Å². The van der Waals surface area contributed by atoms with Crippen LogP contribution < -0.4 is 10.1 Å². The lowest BCUT2D eigenvalue weighted by Gasteiger charge is -2.08. The van der Waals surface area contributed by atoms with Crippen molar-refractivity contribution in [3.8, 4) is 5.75 Å². The summed E-state index contributed by atoms with van der Waals surface area (Å²) < 4.78 is 10.2. The van der Waals surface area contributed by atoms with Gasteiger partial charge in [0.15, 0.2) is 6.61 Å². The second kappa shape index (κ2) is 8.09. The third kappa shape index (κ3) is 5.14. The Morgan fingerprint density at radius 1 is 1.23 bits per heavy atom. The molecule has 1 amide bonds. The van der Waals surface area contributed by atoms with Crippen LogP contribution in [0.1, 0.15) is 10.5 Å². The van der Waals surface area contributed by atoms with Crippen molar-refractivity contribution in [1.29, 1.82) is 0 Å². The Balaban J connectivity index is 1.61. The number of carbonyl (C=O) groups is 2. The van der Waals surface area contributed by atoms with Gasteiger partial charge in [-0.25, -0.2) is 4.79 Å². The number of carbonyl (C=O) groups excluding carboxylic acids is 2. The Bertz CT molecular complexity index is 627. The maximum atomic E-state index is 11.6. The van der Waals surface area contributed by atoms with Gasteiger partial charge in [-0.15, -0.1) is 0 Å². The molecule has 6 nitrogen and oxygen atoms in total. The van der Waals surface area contributed by atoms with Crippen molar-refractivity contribution in [3.05, 3.63) is 53.3 Å². The highest BCUT2D eigenvalue weighted by molar-refractivity contribution is 6.30. The summed E-state index contributed by atoms with van der Waals surface area (Å²) >= 11 is 5.67. The first-order valence-corrected chi connectivity index (χ1v) is 6.98. The summed E-state index contributed by atoms with van der Waals surface area (Å²) in [5.74, 6) is -0.308. The molecule has 0 aliphatic rings. The zero-order chi connectivity index (χ0) is 15.8. The number of hydrogen-bond acceptors (Lipinski definition) is 4. The molecule has 0 bridgehead atoms. The fraction of sp³-hybridized carbons (Fsp3) is 0.200. The number of aromatic amines is 1. The van der Waals surface area contributed by atoms with Gasteiger partial charge < -0.3 is 19.8 Å². The van der Waals surface area contributed by atoms with E-state index in [2.05, 4.69) is 10.3 Å². The molecular formula is C15H15ClN2O4. The maximum Gasteiger partial charge on any atom is 0.355 e. The fourth-order valence-corrected chi connectivity index (χ4v) is 1.79. The number of H-pyrrole nitrogens is 1. The molecule has 0 saturated heterocycles. The number of rotatable bonds is 7. The van der Waals surface area contributed by atoms with Gasteiger partial charge in [0.25, 0.3) is 5.91 Å². The van der Waals surface area contributed by atoms with E-state index in [1.165, 1.54) is 12.3 Å². The second-order valence-electron chi connectivity index (χ2n) is 4.32. The number of aromatic nitrogens is 1. The molecule has 0 radical (unpaired) electrons. The van der Waals surface area contributed by atoms with Crippen molar-refractivity contribution < 1.29 is 19.1 Å². The predicted octanol–water partition coefficient (Wildman–Crippen LogP) is 2.02. The third-order valence-corrected chi connectivity index (χ3v) is 2.86. The van der Waals surface area contributed by atoms with Gasteiger partial charge >= 0.3 is 5.97 Å². The summed E-state index contributed by atoms with van der Waals surface area (Å²) in [6.45, 7) is 0.288. The molecule has 2 aromatic rings. The van der Waals surface area contributed by atoms with Crippen molar-refractivity contribution in [2.24, 2.45) is 0 Å². The van der Waals surface area contributed by atoms with Crippen LogP contribution in [0.2, 0.25) is 5.02 Å². The minimum absolute atomic E-state index is 0.199. The van der Waals surface area contributed by atoms with E-state index in [9.17, 15) is 9.59 Å². The summed E-state index contributed by atoms with van der Waals surface area (Å²) in [5, 5.41) is 2.99. The number of halogens is 1. The molecule has 116 valence electrons. The van der Waals surface area contributed by atoms with Crippen LogP contribution in [-0.2, 0) is 9.53 Å². The SMILES string of the molecule is O=C(COC(=O)c1cc(Cl)c[nH]1)NCCOc1ccccc1. The van der Waals surface area contributed by atoms with Gasteiger partial charge in [-0.05, 0) is 18.2 Å². The molecule has 0 atom stereocenters. The van der Waals surface area contributed by atoms with Gasteiger partial charge in [0.05, 0.1) is 11.6 Å². The van der Waals surface area contributed by atoms with Crippen LogP contribution in [0.15, 0.2) is 42.6 Å². The number of amides is 1. The van der Waals surface area contributed by atoms with Crippen LogP contribution in [0.25, 0.3) is 0 Å². The van der Waals surface area contributed by atoms with E-state index in [4.69, 9.17) is 21.1 Å². The topological polar surface area (TPSA) is 80.4 Å². The molecule has 0 unspecified atom stereocenters. The van der Waals surface area contributed by atoms with Gasteiger partial charge in [-0.3, -0.25) is 4.79 Å².